The number of rotatable bonds is 3. The van der Waals surface area contributed by atoms with Crippen molar-refractivity contribution in [2.24, 2.45) is 0 Å². The predicted octanol–water partition coefficient (Wildman–Crippen LogP) is 2.57. The molecule has 5 heteroatoms. The van der Waals surface area contributed by atoms with Gasteiger partial charge in [0.1, 0.15) is 5.82 Å². The van der Waals surface area contributed by atoms with E-state index in [1.165, 1.54) is 0 Å². The highest BCUT2D eigenvalue weighted by Gasteiger charge is 2.34. The molecule has 2 aromatic rings. The third-order valence-corrected chi connectivity index (χ3v) is 3.60. The number of pyridine rings is 1. The predicted molar refractivity (Wildman–Crippen MR) is 79.0 cm³/mol. The quantitative estimate of drug-likeness (QED) is 0.869. The molecule has 0 saturated carbocycles. The number of methoxy groups -OCH3 is 2. The third kappa shape index (κ3) is 2.11. The lowest BCUT2D eigenvalue weighted by Crippen LogP contribution is -2.24. The minimum absolute atomic E-state index is 0.112. The maximum absolute atomic E-state index is 12.7. The molecule has 0 radical (unpaired) electrons. The smallest absolute Gasteiger partial charge is 0.264 e. The number of hydrogen-bond donors (Lipinski definition) is 0. The second-order valence-electron chi connectivity index (χ2n) is 4.92. The molecule has 0 aliphatic carbocycles. The number of hydrogen-bond acceptors (Lipinski definition) is 4. The Morgan fingerprint density at radius 3 is 2.67 bits per heavy atom. The van der Waals surface area contributed by atoms with Crippen molar-refractivity contribution in [1.82, 2.24) is 4.98 Å². The van der Waals surface area contributed by atoms with E-state index in [0.29, 0.717) is 29.4 Å². The van der Waals surface area contributed by atoms with Gasteiger partial charge in [-0.2, -0.15) is 0 Å². The molecule has 0 unspecified atom stereocenters. The average Bonchev–Trinajstić information content (AvgIpc) is 2.83. The van der Waals surface area contributed by atoms with Crippen LogP contribution in [0.2, 0.25) is 0 Å². The van der Waals surface area contributed by atoms with E-state index < -0.39 is 0 Å². The van der Waals surface area contributed by atoms with Crippen LogP contribution in [-0.4, -0.2) is 25.1 Å². The van der Waals surface area contributed by atoms with Crippen LogP contribution in [0.1, 0.15) is 21.5 Å². The van der Waals surface area contributed by atoms with E-state index in [1.807, 2.05) is 31.2 Å². The molecular formula is C16H16N2O3. The van der Waals surface area contributed by atoms with E-state index >= 15 is 0 Å². The fraction of sp³-hybridized carbons (Fsp3) is 0.250. The number of aromatic nitrogens is 1. The van der Waals surface area contributed by atoms with E-state index in [4.69, 9.17) is 9.47 Å². The first kappa shape index (κ1) is 13.4. The van der Waals surface area contributed by atoms with Gasteiger partial charge in [-0.25, -0.2) is 4.98 Å². The molecule has 1 aliphatic heterocycles. The first-order valence-corrected chi connectivity index (χ1v) is 6.64. The Kier molecular flexibility index (Phi) is 3.25. The van der Waals surface area contributed by atoms with Gasteiger partial charge in [0.2, 0.25) is 0 Å². The normalized spacial score (nSPS) is 13.3. The zero-order valence-electron chi connectivity index (χ0n) is 12.2. The number of ether oxygens (including phenoxy) is 2. The average molecular weight is 284 g/mol. The Hall–Kier alpha value is -2.56. The highest BCUT2D eigenvalue weighted by molar-refractivity contribution is 6.11. The molecule has 0 spiro atoms. The number of benzene rings is 1. The fourth-order valence-corrected chi connectivity index (χ4v) is 2.56. The van der Waals surface area contributed by atoms with E-state index in [0.717, 1.165) is 11.1 Å². The van der Waals surface area contributed by atoms with Crippen LogP contribution < -0.4 is 14.4 Å². The largest absolute Gasteiger partial charge is 0.493 e. The number of nitrogens with zero attached hydrogens (tertiary/aromatic N) is 2. The Bertz CT molecular complexity index is 713. The van der Waals surface area contributed by atoms with Gasteiger partial charge < -0.3 is 9.47 Å². The molecule has 2 heterocycles. The van der Waals surface area contributed by atoms with Crippen LogP contribution in [-0.2, 0) is 6.54 Å². The Balaban J connectivity index is 2.07. The van der Waals surface area contributed by atoms with Crippen molar-refractivity contribution in [2.45, 2.75) is 13.5 Å². The van der Waals surface area contributed by atoms with Gasteiger partial charge in [0.15, 0.2) is 11.5 Å². The van der Waals surface area contributed by atoms with Crippen molar-refractivity contribution in [3.63, 3.8) is 0 Å². The van der Waals surface area contributed by atoms with E-state index in [-0.39, 0.29) is 5.91 Å². The minimum Gasteiger partial charge on any atom is -0.493 e. The van der Waals surface area contributed by atoms with Crippen molar-refractivity contribution in [1.29, 1.82) is 0 Å². The summed E-state index contributed by atoms with van der Waals surface area (Å²) >= 11 is 0. The van der Waals surface area contributed by atoms with Crippen LogP contribution in [0.3, 0.4) is 0 Å². The standard InChI is InChI=1S/C16H16N2O3/c1-10-6-7-17-13(8-10)18-9-11-4-5-12(20-2)15(21-3)14(11)16(18)19/h4-8H,9H2,1-3H3. The van der Waals surface area contributed by atoms with Crippen molar-refractivity contribution in [3.05, 3.63) is 47.2 Å². The van der Waals surface area contributed by atoms with Crippen molar-refractivity contribution in [3.8, 4) is 11.5 Å². The second-order valence-corrected chi connectivity index (χ2v) is 4.92. The molecule has 1 aromatic carbocycles. The van der Waals surface area contributed by atoms with Crippen molar-refractivity contribution in [2.75, 3.05) is 19.1 Å². The van der Waals surface area contributed by atoms with Gasteiger partial charge in [-0.1, -0.05) is 6.07 Å². The molecule has 0 saturated heterocycles. The number of amides is 1. The molecule has 1 aromatic heterocycles. The first-order valence-electron chi connectivity index (χ1n) is 6.64. The number of carbonyl (C=O) groups is 1. The van der Waals surface area contributed by atoms with Gasteiger partial charge in [0.05, 0.1) is 26.3 Å². The van der Waals surface area contributed by atoms with Crippen LogP contribution in [0.25, 0.3) is 0 Å². The number of fused-ring (bicyclic) bond motifs is 1. The lowest BCUT2D eigenvalue weighted by molar-refractivity contribution is 0.0993. The van der Waals surface area contributed by atoms with Crippen molar-refractivity contribution >= 4 is 11.7 Å². The summed E-state index contributed by atoms with van der Waals surface area (Å²) in [6, 6.07) is 7.51. The molecule has 0 N–H and O–H groups in total. The molecule has 108 valence electrons. The monoisotopic (exact) mass is 284 g/mol. The molecular weight excluding hydrogens is 268 g/mol. The summed E-state index contributed by atoms with van der Waals surface area (Å²) in [6.07, 6.45) is 1.71. The SMILES string of the molecule is COc1ccc2c(c1OC)C(=O)N(c1cc(C)ccn1)C2. The van der Waals surface area contributed by atoms with Crippen LogP contribution in [0.15, 0.2) is 30.5 Å². The highest BCUT2D eigenvalue weighted by Crippen LogP contribution is 2.39. The molecule has 1 aliphatic rings. The van der Waals surface area contributed by atoms with Gasteiger partial charge in [-0.05, 0) is 36.2 Å². The van der Waals surface area contributed by atoms with E-state index in [2.05, 4.69) is 4.98 Å². The molecule has 3 rings (SSSR count). The van der Waals surface area contributed by atoms with Gasteiger partial charge >= 0.3 is 0 Å². The van der Waals surface area contributed by atoms with Crippen LogP contribution in [0.5, 0.6) is 11.5 Å². The zero-order chi connectivity index (χ0) is 15.0. The Labute approximate surface area is 123 Å². The lowest BCUT2D eigenvalue weighted by Gasteiger charge is -2.15. The van der Waals surface area contributed by atoms with Crippen LogP contribution >= 0.6 is 0 Å². The van der Waals surface area contributed by atoms with E-state index in [1.54, 1.807) is 25.3 Å². The number of anilines is 1. The first-order chi connectivity index (χ1) is 10.2. The molecule has 0 fully saturated rings. The Morgan fingerprint density at radius 2 is 2.00 bits per heavy atom. The molecule has 21 heavy (non-hydrogen) atoms. The number of carbonyl (C=O) groups excluding carboxylic acids is 1. The van der Waals surface area contributed by atoms with Gasteiger partial charge in [0, 0.05) is 6.20 Å². The summed E-state index contributed by atoms with van der Waals surface area (Å²) < 4.78 is 10.6. The summed E-state index contributed by atoms with van der Waals surface area (Å²) in [4.78, 5) is 18.6. The van der Waals surface area contributed by atoms with Gasteiger partial charge in [0.25, 0.3) is 5.91 Å². The third-order valence-electron chi connectivity index (χ3n) is 3.60. The summed E-state index contributed by atoms with van der Waals surface area (Å²) in [6.45, 7) is 2.47. The molecule has 0 bridgehead atoms. The maximum atomic E-state index is 12.7. The fourth-order valence-electron chi connectivity index (χ4n) is 2.56. The molecule has 5 nitrogen and oxygen atoms in total. The van der Waals surface area contributed by atoms with E-state index in [9.17, 15) is 4.79 Å². The summed E-state index contributed by atoms with van der Waals surface area (Å²) in [5, 5.41) is 0. The van der Waals surface area contributed by atoms with Crippen LogP contribution in [0, 0.1) is 6.92 Å². The highest BCUT2D eigenvalue weighted by atomic mass is 16.5. The molecule has 0 atom stereocenters. The maximum Gasteiger partial charge on any atom is 0.264 e. The summed E-state index contributed by atoms with van der Waals surface area (Å²) in [5.74, 6) is 1.58. The second kappa shape index (κ2) is 5.09. The Morgan fingerprint density at radius 1 is 1.19 bits per heavy atom. The lowest BCUT2D eigenvalue weighted by atomic mass is 10.1. The number of aryl methyl sites for hydroxylation is 1. The van der Waals surface area contributed by atoms with Gasteiger partial charge in [-0.15, -0.1) is 0 Å². The zero-order valence-corrected chi connectivity index (χ0v) is 12.2. The van der Waals surface area contributed by atoms with Gasteiger partial charge in [-0.3, -0.25) is 9.69 Å². The topological polar surface area (TPSA) is 51.7 Å². The summed E-state index contributed by atoms with van der Waals surface area (Å²) in [7, 11) is 3.10. The minimum atomic E-state index is -0.112. The summed E-state index contributed by atoms with van der Waals surface area (Å²) in [5.41, 5.74) is 2.54. The molecule has 1 amide bonds. The van der Waals surface area contributed by atoms with Crippen molar-refractivity contribution < 1.29 is 14.3 Å². The van der Waals surface area contributed by atoms with Crippen LogP contribution in [0.4, 0.5) is 5.82 Å².